The average Bonchev–Trinajstić information content (AvgIpc) is 1.64. The van der Waals surface area contributed by atoms with Gasteiger partial charge in [-0.2, -0.15) is 0 Å². The molecule has 0 saturated carbocycles. The second kappa shape index (κ2) is 28.7. The summed E-state index contributed by atoms with van der Waals surface area (Å²) in [4.78, 5) is 0. The largest absolute Gasteiger partial charge is 0.0622 e. The molecular weight excluding hydrogens is 1240 g/mol. The van der Waals surface area contributed by atoms with Gasteiger partial charge in [-0.15, -0.1) is 0 Å². The maximum Gasteiger partial charge on any atom is -0.00106 e. The zero-order chi connectivity index (χ0) is 70.1. The Morgan fingerprint density at radius 3 is 1.04 bits per heavy atom. The van der Waals surface area contributed by atoms with E-state index in [2.05, 4.69) is 352 Å². The lowest BCUT2D eigenvalue weighted by Crippen LogP contribution is -1.84. The highest BCUT2D eigenvalue weighted by molar-refractivity contribution is 6.03. The molecule has 0 saturated heterocycles. The van der Waals surface area contributed by atoms with E-state index in [9.17, 15) is 0 Å². The van der Waals surface area contributed by atoms with E-state index in [0.29, 0.717) is 0 Å². The van der Waals surface area contributed by atoms with Crippen molar-refractivity contribution in [2.24, 2.45) is 0 Å². The summed E-state index contributed by atoms with van der Waals surface area (Å²) >= 11 is 0. The molecule has 0 aliphatic heterocycles. The van der Waals surface area contributed by atoms with E-state index in [1.54, 1.807) is 0 Å². The van der Waals surface area contributed by atoms with E-state index in [1.165, 1.54) is 205 Å². The number of fused-ring (bicyclic) bond motifs is 24. The molecular formula is C103H86. The van der Waals surface area contributed by atoms with Crippen LogP contribution in [0.2, 0.25) is 0 Å². The van der Waals surface area contributed by atoms with Crippen molar-refractivity contribution in [2.75, 3.05) is 0 Å². The van der Waals surface area contributed by atoms with Gasteiger partial charge in [0.05, 0.1) is 0 Å². The Balaban J connectivity index is 0.0000000939. The lowest BCUT2D eigenvalue weighted by Gasteiger charge is -2.07. The number of aryl methyl sites for hydroxylation is 7. The van der Waals surface area contributed by atoms with Gasteiger partial charge in [-0.1, -0.05) is 349 Å². The third-order valence-corrected chi connectivity index (χ3v) is 21.8. The van der Waals surface area contributed by atoms with E-state index in [4.69, 9.17) is 0 Å². The predicted octanol–water partition coefficient (Wildman–Crippen LogP) is 26.9. The standard InChI is InChI=1S/3C18H14.3C14H12.C7H8/c1-12-5-4-8-16-17(12)11-14-10-9-13-6-2-3-7-15(13)18(14)16;1-12-6-9-17-15(10-12)11-14-8-7-13-4-2-3-5-16(13)18(14)17;1-12-6-7-14-11-15-9-8-13-4-2-3-5-16(13)18(15)17(14)10-12;1-10-5-4-8-13-12-7-3-2-6-11(12)9-14(10)13;1-10-6-7-14-12(8-10)9-11-4-2-3-5-13(11)14;1-10-6-7-12-9-11-4-2-3-5-13(11)14(12)8-10;1-7-5-3-2-4-6-7/h3*2-10H,11H2,1H3;3*2-8H,9H2,1H3;2-6H,1H3. The third-order valence-electron chi connectivity index (χ3n) is 21.8. The molecule has 0 heterocycles. The highest BCUT2D eigenvalue weighted by Gasteiger charge is 2.25. The fraction of sp³-hybridized carbons (Fsp3) is 0.126. The quantitative estimate of drug-likeness (QED) is 0.142. The molecule has 0 N–H and O–H groups in total. The summed E-state index contributed by atoms with van der Waals surface area (Å²) in [5.41, 5.74) is 44.4. The summed E-state index contributed by atoms with van der Waals surface area (Å²) in [6.45, 7) is 15.1. The van der Waals surface area contributed by atoms with E-state index in [-0.39, 0.29) is 0 Å². The molecule has 6 aliphatic carbocycles. The summed E-state index contributed by atoms with van der Waals surface area (Å²) < 4.78 is 0. The van der Waals surface area contributed by atoms with Crippen LogP contribution in [0.15, 0.2) is 322 Å². The summed E-state index contributed by atoms with van der Waals surface area (Å²) in [5, 5.41) is 8.18. The van der Waals surface area contributed by atoms with Gasteiger partial charge >= 0.3 is 0 Å². The first-order chi connectivity index (χ1) is 50.4. The number of rotatable bonds is 0. The van der Waals surface area contributed by atoms with Crippen LogP contribution in [-0.2, 0) is 38.5 Å². The van der Waals surface area contributed by atoms with Gasteiger partial charge in [0.2, 0.25) is 0 Å². The molecule has 6 aliphatic rings. The highest BCUT2D eigenvalue weighted by atomic mass is 14.3. The number of hydrogen-bond acceptors (Lipinski definition) is 0. The molecule has 0 aromatic heterocycles. The Kier molecular flexibility index (Phi) is 18.4. The van der Waals surface area contributed by atoms with Crippen LogP contribution in [0.5, 0.6) is 0 Å². The maximum atomic E-state index is 2.33. The van der Waals surface area contributed by atoms with Crippen LogP contribution < -0.4 is 0 Å². The molecule has 22 rings (SSSR count). The van der Waals surface area contributed by atoms with Crippen LogP contribution in [0.1, 0.15) is 106 Å². The second-order valence-corrected chi connectivity index (χ2v) is 29.0. The fourth-order valence-corrected chi connectivity index (χ4v) is 16.7. The van der Waals surface area contributed by atoms with Crippen LogP contribution in [0.25, 0.3) is 99.1 Å². The molecule has 0 amide bonds. The van der Waals surface area contributed by atoms with Crippen molar-refractivity contribution in [2.45, 2.75) is 87.0 Å². The molecule has 0 spiro atoms. The lowest BCUT2D eigenvalue weighted by atomic mass is 9.97. The fourth-order valence-electron chi connectivity index (χ4n) is 16.7. The van der Waals surface area contributed by atoms with Crippen molar-refractivity contribution in [1.82, 2.24) is 0 Å². The molecule has 498 valence electrons. The molecule has 0 unspecified atom stereocenters. The van der Waals surface area contributed by atoms with Gasteiger partial charge in [0.1, 0.15) is 0 Å². The van der Waals surface area contributed by atoms with Crippen molar-refractivity contribution < 1.29 is 0 Å². The van der Waals surface area contributed by atoms with Gasteiger partial charge in [0.15, 0.2) is 0 Å². The van der Waals surface area contributed by atoms with Crippen molar-refractivity contribution in [3.8, 4) is 66.8 Å². The van der Waals surface area contributed by atoms with Crippen LogP contribution in [0, 0.1) is 48.5 Å². The normalized spacial score (nSPS) is 12.2. The Morgan fingerprint density at radius 2 is 0.485 bits per heavy atom. The van der Waals surface area contributed by atoms with Gasteiger partial charge in [-0.3, -0.25) is 0 Å². The molecule has 0 fully saturated rings. The van der Waals surface area contributed by atoms with Crippen molar-refractivity contribution in [3.63, 3.8) is 0 Å². The SMILES string of the molecule is Cc1ccc2c(c1)-c1c(ccc3ccccc13)C2.Cc1ccc2c(c1)-c1ccccc1C2.Cc1ccc2c(c1)Cc1ccc3ccccc3c1-2.Cc1ccc2c(c1)Cc1ccccc1-2.Cc1cccc2c1Cc1ccc3ccccc3c1-2.Cc1cccc2c1Cc1ccccc1-2.Cc1ccccc1. The van der Waals surface area contributed by atoms with Crippen LogP contribution in [0.4, 0.5) is 0 Å². The first kappa shape index (κ1) is 65.9. The molecule has 16 aromatic rings. The lowest BCUT2D eigenvalue weighted by molar-refractivity contribution is 1.22. The summed E-state index contributed by atoms with van der Waals surface area (Å²) in [6, 6.07) is 116. The second-order valence-electron chi connectivity index (χ2n) is 29.0. The first-order valence-corrected chi connectivity index (χ1v) is 36.8. The van der Waals surface area contributed by atoms with Crippen molar-refractivity contribution >= 4 is 32.3 Å². The number of benzene rings is 16. The van der Waals surface area contributed by atoms with E-state index in [1.807, 2.05) is 18.2 Å². The summed E-state index contributed by atoms with van der Waals surface area (Å²) in [7, 11) is 0. The molecule has 0 radical (unpaired) electrons. The van der Waals surface area contributed by atoms with E-state index in [0.717, 1.165) is 38.5 Å². The Hall–Kier alpha value is -11.7. The van der Waals surface area contributed by atoms with Gasteiger partial charge in [0, 0.05) is 0 Å². The van der Waals surface area contributed by atoms with Crippen LogP contribution in [-0.4, -0.2) is 0 Å². The maximum absolute atomic E-state index is 2.33. The van der Waals surface area contributed by atoms with Crippen molar-refractivity contribution in [3.05, 3.63) is 427 Å². The Labute approximate surface area is 609 Å². The van der Waals surface area contributed by atoms with Gasteiger partial charge in [-0.25, -0.2) is 0 Å². The zero-order valence-corrected chi connectivity index (χ0v) is 60.3. The topological polar surface area (TPSA) is 0 Å². The minimum atomic E-state index is 1.08. The predicted molar refractivity (Wildman–Crippen MR) is 440 cm³/mol. The van der Waals surface area contributed by atoms with E-state index < -0.39 is 0 Å². The van der Waals surface area contributed by atoms with Crippen molar-refractivity contribution in [1.29, 1.82) is 0 Å². The van der Waals surface area contributed by atoms with Gasteiger partial charge in [-0.05, 0) is 264 Å². The molecule has 0 atom stereocenters. The molecule has 103 heavy (non-hydrogen) atoms. The molecule has 0 nitrogen and oxygen atoms in total. The van der Waals surface area contributed by atoms with Gasteiger partial charge in [0.25, 0.3) is 0 Å². The monoisotopic (exact) mass is 1320 g/mol. The van der Waals surface area contributed by atoms with Crippen LogP contribution in [0.3, 0.4) is 0 Å². The smallest absolute Gasteiger partial charge is 0.00106 e. The zero-order valence-electron chi connectivity index (χ0n) is 60.3. The third kappa shape index (κ3) is 13.4. The molecule has 0 heteroatoms. The Morgan fingerprint density at radius 1 is 0.165 bits per heavy atom. The summed E-state index contributed by atoms with van der Waals surface area (Å²) in [5.74, 6) is 0. The van der Waals surface area contributed by atoms with Crippen LogP contribution >= 0.6 is 0 Å². The minimum Gasteiger partial charge on any atom is -0.0622 e. The average molecular weight is 1320 g/mol. The summed E-state index contributed by atoms with van der Waals surface area (Å²) in [6.07, 6.45) is 6.56. The Bertz CT molecular complexity index is 5840. The molecule has 0 bridgehead atoms. The van der Waals surface area contributed by atoms with Gasteiger partial charge < -0.3 is 0 Å². The minimum absolute atomic E-state index is 1.08. The van der Waals surface area contributed by atoms with E-state index >= 15 is 0 Å². The molecule has 16 aromatic carbocycles. The highest BCUT2D eigenvalue weighted by Crippen LogP contribution is 2.46. The first-order valence-electron chi connectivity index (χ1n) is 36.8. The number of hydrogen-bond donors (Lipinski definition) is 0.